The molecule has 0 bridgehead atoms. The zero-order chi connectivity index (χ0) is 12.8. The van der Waals surface area contributed by atoms with Crippen molar-refractivity contribution in [1.29, 1.82) is 0 Å². The minimum atomic E-state index is 0.570. The van der Waals surface area contributed by atoms with E-state index in [1.807, 2.05) is 7.05 Å². The Morgan fingerprint density at radius 2 is 2.06 bits per heavy atom. The highest BCUT2D eigenvalue weighted by Gasteiger charge is 2.15. The normalized spacial score (nSPS) is 14.4. The van der Waals surface area contributed by atoms with Gasteiger partial charge in [-0.2, -0.15) is 0 Å². The van der Waals surface area contributed by atoms with E-state index >= 15 is 0 Å². The van der Waals surface area contributed by atoms with E-state index in [-0.39, 0.29) is 0 Å². The van der Waals surface area contributed by atoms with Crippen molar-refractivity contribution >= 4 is 0 Å². The van der Waals surface area contributed by atoms with Crippen molar-refractivity contribution in [2.45, 2.75) is 39.7 Å². The maximum absolute atomic E-state index is 5.43. The predicted molar refractivity (Wildman–Crippen MR) is 73.7 cm³/mol. The monoisotopic (exact) mass is 235 g/mol. The lowest BCUT2D eigenvalue weighted by molar-refractivity contribution is 0.372. The first kappa shape index (κ1) is 14.0. The molecular formula is C15H25NO. The van der Waals surface area contributed by atoms with Gasteiger partial charge in [0.2, 0.25) is 0 Å². The predicted octanol–water partition coefficient (Wildman–Crippen LogP) is 3.18. The SMILES string of the molecule is CCC(NC)C(C)Cc1cc(C)ccc1OC. The molecule has 1 rings (SSSR count). The smallest absolute Gasteiger partial charge is 0.122 e. The van der Waals surface area contributed by atoms with E-state index in [4.69, 9.17) is 4.74 Å². The first-order chi connectivity index (χ1) is 8.12. The van der Waals surface area contributed by atoms with Crippen LogP contribution in [0.25, 0.3) is 0 Å². The molecule has 0 radical (unpaired) electrons. The van der Waals surface area contributed by atoms with Gasteiger partial charge >= 0.3 is 0 Å². The van der Waals surface area contributed by atoms with Crippen LogP contribution in [0.5, 0.6) is 5.75 Å². The van der Waals surface area contributed by atoms with Crippen molar-refractivity contribution in [2.75, 3.05) is 14.2 Å². The number of benzene rings is 1. The van der Waals surface area contributed by atoms with Gasteiger partial charge in [0.05, 0.1) is 7.11 Å². The Balaban J connectivity index is 2.82. The van der Waals surface area contributed by atoms with Crippen molar-refractivity contribution in [3.8, 4) is 5.75 Å². The number of hydrogen-bond donors (Lipinski definition) is 1. The fourth-order valence-corrected chi connectivity index (χ4v) is 2.45. The van der Waals surface area contributed by atoms with Crippen molar-refractivity contribution in [2.24, 2.45) is 5.92 Å². The summed E-state index contributed by atoms with van der Waals surface area (Å²) in [6.45, 7) is 6.65. The first-order valence-electron chi connectivity index (χ1n) is 6.43. The molecule has 0 aromatic heterocycles. The lowest BCUT2D eigenvalue weighted by Gasteiger charge is -2.23. The average molecular weight is 235 g/mol. The van der Waals surface area contributed by atoms with Crippen LogP contribution < -0.4 is 10.1 Å². The third-order valence-corrected chi connectivity index (χ3v) is 3.48. The van der Waals surface area contributed by atoms with Crippen LogP contribution in [0, 0.1) is 12.8 Å². The molecule has 1 aromatic rings. The van der Waals surface area contributed by atoms with Crippen LogP contribution in [0.15, 0.2) is 18.2 Å². The van der Waals surface area contributed by atoms with Crippen molar-refractivity contribution in [3.63, 3.8) is 0 Å². The summed E-state index contributed by atoms with van der Waals surface area (Å²) in [6, 6.07) is 6.97. The van der Waals surface area contributed by atoms with E-state index in [1.54, 1.807) is 7.11 Å². The second-order valence-electron chi connectivity index (χ2n) is 4.80. The zero-order valence-corrected chi connectivity index (χ0v) is 11.7. The molecule has 1 N–H and O–H groups in total. The molecule has 2 atom stereocenters. The van der Waals surface area contributed by atoms with E-state index in [2.05, 4.69) is 44.3 Å². The van der Waals surface area contributed by atoms with E-state index in [0.29, 0.717) is 12.0 Å². The van der Waals surface area contributed by atoms with Gasteiger partial charge in [-0.05, 0) is 44.4 Å². The summed E-state index contributed by atoms with van der Waals surface area (Å²) >= 11 is 0. The quantitative estimate of drug-likeness (QED) is 0.817. The van der Waals surface area contributed by atoms with Crippen molar-refractivity contribution < 1.29 is 4.74 Å². The molecule has 0 saturated carbocycles. The maximum atomic E-state index is 5.43. The Morgan fingerprint density at radius 1 is 1.35 bits per heavy atom. The van der Waals surface area contributed by atoms with Gasteiger partial charge in [-0.1, -0.05) is 31.5 Å². The second-order valence-corrected chi connectivity index (χ2v) is 4.80. The Hall–Kier alpha value is -1.02. The fraction of sp³-hybridized carbons (Fsp3) is 0.600. The molecule has 2 heteroatoms. The second kappa shape index (κ2) is 6.65. The summed E-state index contributed by atoms with van der Waals surface area (Å²) in [5.41, 5.74) is 2.61. The number of methoxy groups -OCH3 is 1. The standard InChI is InChI=1S/C15H25NO/c1-6-14(16-4)12(3)10-13-9-11(2)7-8-15(13)17-5/h7-9,12,14,16H,6,10H2,1-5H3. The van der Waals surface area contributed by atoms with Gasteiger partial charge in [-0.25, -0.2) is 0 Å². The molecule has 1 aromatic carbocycles. The Bertz CT molecular complexity index is 345. The van der Waals surface area contributed by atoms with Gasteiger partial charge < -0.3 is 10.1 Å². The third-order valence-electron chi connectivity index (χ3n) is 3.48. The number of hydrogen-bond acceptors (Lipinski definition) is 2. The van der Waals surface area contributed by atoms with Crippen LogP contribution in [-0.2, 0) is 6.42 Å². The topological polar surface area (TPSA) is 21.3 Å². The third kappa shape index (κ3) is 3.74. The summed E-state index contributed by atoms with van der Waals surface area (Å²) in [6.07, 6.45) is 2.22. The van der Waals surface area contributed by atoms with Gasteiger partial charge in [0.15, 0.2) is 0 Å². The largest absolute Gasteiger partial charge is 0.496 e. The zero-order valence-electron chi connectivity index (χ0n) is 11.7. The van der Waals surface area contributed by atoms with Gasteiger partial charge in [0, 0.05) is 6.04 Å². The van der Waals surface area contributed by atoms with Crippen LogP contribution in [0.2, 0.25) is 0 Å². The highest BCUT2D eigenvalue weighted by Crippen LogP contribution is 2.24. The molecule has 0 heterocycles. The average Bonchev–Trinajstić information content (AvgIpc) is 2.31. The van der Waals surface area contributed by atoms with Crippen molar-refractivity contribution in [3.05, 3.63) is 29.3 Å². The summed E-state index contributed by atoms with van der Waals surface area (Å²) in [7, 11) is 3.78. The van der Waals surface area contributed by atoms with Crippen LogP contribution in [0.4, 0.5) is 0 Å². The van der Waals surface area contributed by atoms with E-state index < -0.39 is 0 Å². The molecule has 0 amide bonds. The molecule has 0 saturated heterocycles. The van der Waals surface area contributed by atoms with Crippen LogP contribution in [0.1, 0.15) is 31.4 Å². The molecule has 2 nitrogen and oxygen atoms in total. The summed E-state index contributed by atoms with van der Waals surface area (Å²) in [5.74, 6) is 1.62. The van der Waals surface area contributed by atoms with E-state index in [1.165, 1.54) is 11.1 Å². The van der Waals surface area contributed by atoms with Gasteiger partial charge in [0.1, 0.15) is 5.75 Å². The summed E-state index contributed by atoms with van der Waals surface area (Å²) in [4.78, 5) is 0. The van der Waals surface area contributed by atoms with Crippen LogP contribution in [-0.4, -0.2) is 20.2 Å². The first-order valence-corrected chi connectivity index (χ1v) is 6.43. The lowest BCUT2D eigenvalue weighted by Crippen LogP contribution is -2.32. The van der Waals surface area contributed by atoms with Gasteiger partial charge in [0.25, 0.3) is 0 Å². The highest BCUT2D eigenvalue weighted by atomic mass is 16.5. The summed E-state index contributed by atoms with van der Waals surface area (Å²) < 4.78 is 5.43. The molecule has 0 aliphatic carbocycles. The van der Waals surface area contributed by atoms with E-state index in [0.717, 1.165) is 18.6 Å². The molecule has 96 valence electrons. The Kier molecular flexibility index (Phi) is 5.49. The van der Waals surface area contributed by atoms with Crippen LogP contribution >= 0.6 is 0 Å². The van der Waals surface area contributed by atoms with Crippen LogP contribution in [0.3, 0.4) is 0 Å². The maximum Gasteiger partial charge on any atom is 0.122 e. The fourth-order valence-electron chi connectivity index (χ4n) is 2.45. The number of nitrogens with one attached hydrogen (secondary N) is 1. The molecule has 0 aliphatic heterocycles. The van der Waals surface area contributed by atoms with Crippen molar-refractivity contribution in [1.82, 2.24) is 5.32 Å². The molecule has 2 unspecified atom stereocenters. The summed E-state index contributed by atoms with van der Waals surface area (Å²) in [5, 5.41) is 3.38. The Labute approximate surface area is 105 Å². The molecule has 17 heavy (non-hydrogen) atoms. The van der Waals surface area contributed by atoms with Gasteiger partial charge in [-0.15, -0.1) is 0 Å². The lowest BCUT2D eigenvalue weighted by atomic mass is 9.91. The highest BCUT2D eigenvalue weighted by molar-refractivity contribution is 5.37. The number of rotatable bonds is 6. The molecule has 0 aliphatic rings. The Morgan fingerprint density at radius 3 is 2.59 bits per heavy atom. The number of ether oxygens (including phenoxy) is 1. The minimum Gasteiger partial charge on any atom is -0.496 e. The molecule has 0 fully saturated rings. The molecule has 0 spiro atoms. The molecular weight excluding hydrogens is 210 g/mol. The van der Waals surface area contributed by atoms with E-state index in [9.17, 15) is 0 Å². The van der Waals surface area contributed by atoms with Gasteiger partial charge in [-0.3, -0.25) is 0 Å². The minimum absolute atomic E-state index is 0.570. The number of aryl methyl sites for hydroxylation is 1.